The first-order valence-corrected chi connectivity index (χ1v) is 8.88. The number of nitrogens with one attached hydrogen (secondary N) is 2. The van der Waals surface area contributed by atoms with Gasteiger partial charge in [-0.3, -0.25) is 4.79 Å². The van der Waals surface area contributed by atoms with E-state index in [9.17, 15) is 9.59 Å². The van der Waals surface area contributed by atoms with Crippen LogP contribution in [0.25, 0.3) is 0 Å². The molecule has 0 heterocycles. The molecular formula is C21H26N2O3. The van der Waals surface area contributed by atoms with E-state index in [2.05, 4.69) is 10.6 Å². The zero-order valence-electron chi connectivity index (χ0n) is 15.6. The van der Waals surface area contributed by atoms with Crippen LogP contribution in [0.15, 0.2) is 42.5 Å². The number of esters is 1. The molecule has 0 fully saturated rings. The Morgan fingerprint density at radius 1 is 1.04 bits per heavy atom. The number of ether oxygens (including phenoxy) is 1. The molecule has 138 valence electrons. The van der Waals surface area contributed by atoms with E-state index in [4.69, 9.17) is 4.74 Å². The fourth-order valence-corrected chi connectivity index (χ4v) is 2.38. The summed E-state index contributed by atoms with van der Waals surface area (Å²) in [6, 6.07) is 12.7. The van der Waals surface area contributed by atoms with Gasteiger partial charge < -0.3 is 15.4 Å². The number of carbonyl (C=O) groups excluding carboxylic acids is 2. The van der Waals surface area contributed by atoms with Crippen molar-refractivity contribution < 1.29 is 14.3 Å². The van der Waals surface area contributed by atoms with Gasteiger partial charge in [0.25, 0.3) is 0 Å². The largest absolute Gasteiger partial charge is 0.462 e. The number of aryl methyl sites for hydroxylation is 1. The predicted molar refractivity (Wildman–Crippen MR) is 105 cm³/mol. The molecular weight excluding hydrogens is 328 g/mol. The zero-order valence-corrected chi connectivity index (χ0v) is 15.6. The van der Waals surface area contributed by atoms with Crippen molar-refractivity contribution in [2.45, 2.75) is 33.6 Å². The van der Waals surface area contributed by atoms with E-state index >= 15 is 0 Å². The average Bonchev–Trinajstić information content (AvgIpc) is 2.64. The summed E-state index contributed by atoms with van der Waals surface area (Å²) in [4.78, 5) is 24.0. The van der Waals surface area contributed by atoms with Crippen molar-refractivity contribution in [3.05, 3.63) is 59.2 Å². The molecule has 2 aromatic rings. The Labute approximate surface area is 154 Å². The molecule has 0 aromatic heterocycles. The van der Waals surface area contributed by atoms with Crippen molar-refractivity contribution in [2.75, 3.05) is 23.8 Å². The molecule has 0 bridgehead atoms. The van der Waals surface area contributed by atoms with Crippen LogP contribution in [0.5, 0.6) is 0 Å². The summed E-state index contributed by atoms with van der Waals surface area (Å²) in [6.45, 7) is 6.63. The van der Waals surface area contributed by atoms with Gasteiger partial charge >= 0.3 is 5.97 Å². The highest BCUT2D eigenvalue weighted by Gasteiger charge is 2.08. The Bertz CT molecular complexity index is 754. The minimum atomic E-state index is -0.322. The van der Waals surface area contributed by atoms with Crippen LogP contribution in [0, 0.1) is 13.8 Å². The van der Waals surface area contributed by atoms with Crippen LogP contribution >= 0.6 is 0 Å². The predicted octanol–water partition coefficient (Wildman–Crippen LogP) is 4.31. The van der Waals surface area contributed by atoms with Gasteiger partial charge in [-0.1, -0.05) is 25.5 Å². The third-order valence-electron chi connectivity index (χ3n) is 4.18. The quantitative estimate of drug-likeness (QED) is 0.547. The van der Waals surface area contributed by atoms with Crippen molar-refractivity contribution in [1.82, 2.24) is 0 Å². The Balaban J connectivity index is 1.84. The summed E-state index contributed by atoms with van der Waals surface area (Å²) in [7, 11) is 0. The lowest BCUT2D eigenvalue weighted by molar-refractivity contribution is -0.114. The van der Waals surface area contributed by atoms with Crippen molar-refractivity contribution in [2.24, 2.45) is 0 Å². The van der Waals surface area contributed by atoms with Crippen LogP contribution in [-0.2, 0) is 9.53 Å². The average molecular weight is 354 g/mol. The maximum absolute atomic E-state index is 12.1. The van der Waals surface area contributed by atoms with Gasteiger partial charge in [0.05, 0.1) is 18.7 Å². The van der Waals surface area contributed by atoms with Gasteiger partial charge in [0.2, 0.25) is 5.91 Å². The zero-order chi connectivity index (χ0) is 18.9. The smallest absolute Gasteiger partial charge is 0.338 e. The molecule has 2 N–H and O–H groups in total. The molecule has 0 aliphatic heterocycles. The summed E-state index contributed by atoms with van der Waals surface area (Å²) in [5.41, 5.74) is 4.30. The van der Waals surface area contributed by atoms with Gasteiger partial charge in [0.15, 0.2) is 0 Å². The van der Waals surface area contributed by atoms with E-state index in [1.807, 2.05) is 39.0 Å². The van der Waals surface area contributed by atoms with Gasteiger partial charge in [0, 0.05) is 11.4 Å². The van der Waals surface area contributed by atoms with Crippen LogP contribution in [0.2, 0.25) is 0 Å². The number of hydrogen-bond acceptors (Lipinski definition) is 4. The fraction of sp³-hybridized carbons (Fsp3) is 0.333. The second-order valence-corrected chi connectivity index (χ2v) is 6.22. The maximum Gasteiger partial charge on any atom is 0.338 e. The minimum Gasteiger partial charge on any atom is -0.462 e. The van der Waals surface area contributed by atoms with Crippen molar-refractivity contribution in [3.8, 4) is 0 Å². The molecule has 5 nitrogen and oxygen atoms in total. The highest BCUT2D eigenvalue weighted by Crippen LogP contribution is 2.18. The molecule has 1 amide bonds. The number of anilines is 2. The van der Waals surface area contributed by atoms with Gasteiger partial charge in [-0.15, -0.1) is 0 Å². The lowest BCUT2D eigenvalue weighted by Crippen LogP contribution is -2.22. The summed E-state index contributed by atoms with van der Waals surface area (Å²) in [5.74, 6) is -0.445. The summed E-state index contributed by atoms with van der Waals surface area (Å²) in [6.07, 6.45) is 1.85. The number of amides is 1. The van der Waals surface area contributed by atoms with Gasteiger partial charge in [0.1, 0.15) is 0 Å². The molecule has 0 saturated carbocycles. The van der Waals surface area contributed by atoms with Crippen LogP contribution in [0.4, 0.5) is 11.4 Å². The number of carbonyl (C=O) groups is 2. The fourth-order valence-electron chi connectivity index (χ4n) is 2.38. The minimum absolute atomic E-state index is 0.123. The van der Waals surface area contributed by atoms with Gasteiger partial charge in [-0.05, 0) is 61.7 Å². The first-order valence-electron chi connectivity index (χ1n) is 8.88. The third-order valence-corrected chi connectivity index (χ3v) is 4.18. The van der Waals surface area contributed by atoms with Crippen LogP contribution in [0.1, 0.15) is 41.3 Å². The first kappa shape index (κ1) is 19.5. The molecule has 26 heavy (non-hydrogen) atoms. The third kappa shape index (κ3) is 5.62. The standard InChI is InChI=1S/C21H26N2O3/c1-4-5-13-26-21(25)17-9-11-18(12-10-17)22-14-20(24)23-19-8-6-7-15(2)16(19)3/h6-12,22H,4-5,13-14H2,1-3H3,(H,23,24). The van der Waals surface area contributed by atoms with Gasteiger partial charge in [-0.25, -0.2) is 4.79 Å². The highest BCUT2D eigenvalue weighted by atomic mass is 16.5. The highest BCUT2D eigenvalue weighted by molar-refractivity contribution is 5.94. The summed E-state index contributed by atoms with van der Waals surface area (Å²) >= 11 is 0. The molecule has 0 aliphatic carbocycles. The lowest BCUT2D eigenvalue weighted by atomic mass is 10.1. The molecule has 0 aliphatic rings. The normalized spacial score (nSPS) is 10.3. The molecule has 0 saturated heterocycles. The van der Waals surface area contributed by atoms with Crippen molar-refractivity contribution in [3.63, 3.8) is 0 Å². The number of unbranched alkanes of at least 4 members (excludes halogenated alkanes) is 1. The molecule has 5 heteroatoms. The van der Waals surface area contributed by atoms with E-state index in [-0.39, 0.29) is 18.4 Å². The second kappa shape index (κ2) is 9.61. The molecule has 0 radical (unpaired) electrons. The lowest BCUT2D eigenvalue weighted by Gasteiger charge is -2.11. The Hall–Kier alpha value is -2.82. The molecule has 2 aromatic carbocycles. The molecule has 0 unspecified atom stereocenters. The Kier molecular flexibility index (Phi) is 7.21. The summed E-state index contributed by atoms with van der Waals surface area (Å²) in [5, 5.41) is 5.96. The van der Waals surface area contributed by atoms with Gasteiger partial charge in [-0.2, -0.15) is 0 Å². The topological polar surface area (TPSA) is 67.4 Å². The van der Waals surface area contributed by atoms with Crippen LogP contribution < -0.4 is 10.6 Å². The van der Waals surface area contributed by atoms with Crippen LogP contribution in [-0.4, -0.2) is 25.0 Å². The Morgan fingerprint density at radius 2 is 1.77 bits per heavy atom. The van der Waals surface area contributed by atoms with E-state index in [0.717, 1.165) is 35.3 Å². The molecule has 0 spiro atoms. The molecule has 0 atom stereocenters. The summed E-state index contributed by atoms with van der Waals surface area (Å²) < 4.78 is 5.17. The maximum atomic E-state index is 12.1. The van der Waals surface area contributed by atoms with E-state index in [0.29, 0.717) is 12.2 Å². The van der Waals surface area contributed by atoms with E-state index in [1.165, 1.54) is 0 Å². The monoisotopic (exact) mass is 354 g/mol. The van der Waals surface area contributed by atoms with Crippen molar-refractivity contribution in [1.29, 1.82) is 0 Å². The SMILES string of the molecule is CCCCOC(=O)c1ccc(NCC(=O)Nc2cccc(C)c2C)cc1. The van der Waals surface area contributed by atoms with Crippen molar-refractivity contribution >= 4 is 23.3 Å². The first-order chi connectivity index (χ1) is 12.5. The second-order valence-electron chi connectivity index (χ2n) is 6.22. The van der Waals surface area contributed by atoms with E-state index < -0.39 is 0 Å². The van der Waals surface area contributed by atoms with Crippen LogP contribution in [0.3, 0.4) is 0 Å². The Morgan fingerprint density at radius 3 is 2.46 bits per heavy atom. The molecule has 2 rings (SSSR count). The number of rotatable bonds is 8. The van der Waals surface area contributed by atoms with E-state index in [1.54, 1.807) is 24.3 Å². The number of benzene rings is 2. The number of hydrogen-bond donors (Lipinski definition) is 2.